The van der Waals surface area contributed by atoms with Gasteiger partial charge >= 0.3 is 0 Å². The summed E-state index contributed by atoms with van der Waals surface area (Å²) in [4.78, 5) is 11.9. The topological polar surface area (TPSA) is 71.8 Å². The standard InChI is InChI=1S/C12H17N5O.ClH/c1-13-6-3-7-14-12(18)9-4-5-11-10(8-9)15-16-17(11)2;/h4-5,8,13H,3,6-7H2,1-2H3,(H,14,18);1H. The number of amides is 1. The quantitative estimate of drug-likeness (QED) is 0.794. The van der Waals surface area contributed by atoms with Gasteiger partial charge in [0.25, 0.3) is 5.91 Å². The van der Waals surface area contributed by atoms with Gasteiger partial charge in [0.2, 0.25) is 0 Å². The van der Waals surface area contributed by atoms with Crippen LogP contribution in [-0.4, -0.2) is 41.0 Å². The van der Waals surface area contributed by atoms with E-state index in [0.717, 1.165) is 24.0 Å². The SMILES string of the molecule is CNCCCNC(=O)c1ccc2c(c1)nnn2C.Cl. The van der Waals surface area contributed by atoms with Gasteiger partial charge in [0.15, 0.2) is 0 Å². The number of nitrogens with zero attached hydrogens (tertiary/aromatic N) is 3. The Balaban J connectivity index is 0.00000180. The molecule has 6 nitrogen and oxygen atoms in total. The Morgan fingerprint density at radius 2 is 2.16 bits per heavy atom. The van der Waals surface area contributed by atoms with Crippen LogP contribution in [0.3, 0.4) is 0 Å². The number of rotatable bonds is 5. The second-order valence-electron chi connectivity index (χ2n) is 4.13. The molecular formula is C12H18ClN5O. The van der Waals surface area contributed by atoms with E-state index >= 15 is 0 Å². The van der Waals surface area contributed by atoms with Crippen molar-refractivity contribution in [3.05, 3.63) is 23.8 Å². The number of aromatic nitrogens is 3. The van der Waals surface area contributed by atoms with Crippen molar-refractivity contribution in [2.45, 2.75) is 6.42 Å². The number of hydrogen-bond donors (Lipinski definition) is 2. The number of carbonyl (C=O) groups excluding carboxylic acids is 1. The van der Waals surface area contributed by atoms with Gasteiger partial charge in [0.05, 0.1) is 5.52 Å². The van der Waals surface area contributed by atoms with Gasteiger partial charge in [-0.1, -0.05) is 5.21 Å². The highest BCUT2D eigenvalue weighted by atomic mass is 35.5. The van der Waals surface area contributed by atoms with Crippen LogP contribution in [-0.2, 0) is 7.05 Å². The molecule has 0 spiro atoms. The maximum Gasteiger partial charge on any atom is 0.251 e. The van der Waals surface area contributed by atoms with Crippen LogP contribution in [0, 0.1) is 0 Å². The highest BCUT2D eigenvalue weighted by Crippen LogP contribution is 2.12. The van der Waals surface area contributed by atoms with Crippen LogP contribution in [0.2, 0.25) is 0 Å². The maximum absolute atomic E-state index is 11.9. The zero-order valence-electron chi connectivity index (χ0n) is 11.0. The van der Waals surface area contributed by atoms with Gasteiger partial charge in [-0.3, -0.25) is 4.79 Å². The lowest BCUT2D eigenvalue weighted by molar-refractivity contribution is 0.0953. The van der Waals surface area contributed by atoms with Crippen molar-refractivity contribution in [3.8, 4) is 0 Å². The monoisotopic (exact) mass is 283 g/mol. The minimum Gasteiger partial charge on any atom is -0.352 e. The van der Waals surface area contributed by atoms with Crippen LogP contribution < -0.4 is 10.6 Å². The van der Waals surface area contributed by atoms with Crippen molar-refractivity contribution in [2.24, 2.45) is 7.05 Å². The van der Waals surface area contributed by atoms with Gasteiger partial charge in [0.1, 0.15) is 5.52 Å². The fourth-order valence-electron chi connectivity index (χ4n) is 1.75. The lowest BCUT2D eigenvalue weighted by Crippen LogP contribution is -2.26. The molecule has 0 unspecified atom stereocenters. The number of aryl methyl sites for hydroxylation is 1. The van der Waals surface area contributed by atoms with Crippen LogP contribution in [0.5, 0.6) is 0 Å². The van der Waals surface area contributed by atoms with E-state index in [4.69, 9.17) is 0 Å². The van der Waals surface area contributed by atoms with E-state index in [0.29, 0.717) is 12.1 Å². The van der Waals surface area contributed by atoms with E-state index in [2.05, 4.69) is 20.9 Å². The Morgan fingerprint density at radius 1 is 1.37 bits per heavy atom. The lowest BCUT2D eigenvalue weighted by atomic mass is 10.2. The van der Waals surface area contributed by atoms with E-state index in [9.17, 15) is 4.79 Å². The number of fused-ring (bicyclic) bond motifs is 1. The molecule has 2 rings (SSSR count). The molecule has 1 heterocycles. The molecular weight excluding hydrogens is 266 g/mol. The first kappa shape index (κ1) is 15.4. The molecule has 0 atom stereocenters. The Kier molecular flexibility index (Phi) is 5.72. The molecule has 0 radical (unpaired) electrons. The summed E-state index contributed by atoms with van der Waals surface area (Å²) in [5.41, 5.74) is 2.27. The Bertz CT molecular complexity index is 554. The lowest BCUT2D eigenvalue weighted by Gasteiger charge is -2.04. The highest BCUT2D eigenvalue weighted by Gasteiger charge is 2.08. The summed E-state index contributed by atoms with van der Waals surface area (Å²) >= 11 is 0. The van der Waals surface area contributed by atoms with Crippen LogP contribution >= 0.6 is 12.4 Å². The van der Waals surface area contributed by atoms with E-state index in [1.807, 2.05) is 20.2 Å². The van der Waals surface area contributed by atoms with Crippen molar-refractivity contribution in [2.75, 3.05) is 20.1 Å². The first-order chi connectivity index (χ1) is 8.72. The summed E-state index contributed by atoms with van der Waals surface area (Å²) in [6.45, 7) is 1.56. The van der Waals surface area contributed by atoms with Gasteiger partial charge in [-0.05, 0) is 38.2 Å². The molecule has 0 aliphatic heterocycles. The largest absolute Gasteiger partial charge is 0.352 e. The summed E-state index contributed by atoms with van der Waals surface area (Å²) < 4.78 is 1.68. The summed E-state index contributed by atoms with van der Waals surface area (Å²) in [7, 11) is 3.72. The van der Waals surface area contributed by atoms with Crippen LogP contribution in [0.1, 0.15) is 16.8 Å². The Labute approximate surface area is 118 Å². The Morgan fingerprint density at radius 3 is 2.89 bits per heavy atom. The van der Waals surface area contributed by atoms with Crippen LogP contribution in [0.15, 0.2) is 18.2 Å². The van der Waals surface area contributed by atoms with E-state index in [-0.39, 0.29) is 18.3 Å². The fraction of sp³-hybridized carbons (Fsp3) is 0.417. The predicted molar refractivity (Wildman–Crippen MR) is 76.6 cm³/mol. The van der Waals surface area contributed by atoms with E-state index < -0.39 is 0 Å². The molecule has 19 heavy (non-hydrogen) atoms. The third-order valence-corrected chi connectivity index (χ3v) is 2.76. The first-order valence-corrected chi connectivity index (χ1v) is 5.94. The van der Waals surface area contributed by atoms with Gasteiger partial charge in [-0.15, -0.1) is 17.5 Å². The average Bonchev–Trinajstić information content (AvgIpc) is 2.76. The summed E-state index contributed by atoms with van der Waals surface area (Å²) in [6, 6.07) is 5.41. The van der Waals surface area contributed by atoms with Crippen molar-refractivity contribution < 1.29 is 4.79 Å². The molecule has 0 bridgehead atoms. The maximum atomic E-state index is 11.9. The summed E-state index contributed by atoms with van der Waals surface area (Å²) in [5, 5.41) is 13.8. The van der Waals surface area contributed by atoms with Crippen molar-refractivity contribution in [1.82, 2.24) is 25.6 Å². The van der Waals surface area contributed by atoms with Crippen LogP contribution in [0.25, 0.3) is 11.0 Å². The molecule has 1 aromatic heterocycles. The van der Waals surface area contributed by atoms with Gasteiger partial charge in [-0.2, -0.15) is 0 Å². The normalized spacial score (nSPS) is 10.2. The molecule has 0 aliphatic carbocycles. The first-order valence-electron chi connectivity index (χ1n) is 5.94. The van der Waals surface area contributed by atoms with Crippen molar-refractivity contribution in [1.29, 1.82) is 0 Å². The molecule has 104 valence electrons. The number of nitrogens with one attached hydrogen (secondary N) is 2. The molecule has 0 saturated heterocycles. The number of carbonyl (C=O) groups is 1. The molecule has 0 aliphatic rings. The van der Waals surface area contributed by atoms with Gasteiger partial charge < -0.3 is 10.6 Å². The number of benzene rings is 1. The van der Waals surface area contributed by atoms with Crippen LogP contribution in [0.4, 0.5) is 0 Å². The predicted octanol–water partition coefficient (Wildman–Crippen LogP) is 0.729. The zero-order chi connectivity index (χ0) is 13.0. The number of hydrogen-bond acceptors (Lipinski definition) is 4. The smallest absolute Gasteiger partial charge is 0.251 e. The van der Waals surface area contributed by atoms with E-state index in [1.54, 1.807) is 16.8 Å². The van der Waals surface area contributed by atoms with E-state index in [1.165, 1.54) is 0 Å². The minimum absolute atomic E-state index is 0. The molecule has 7 heteroatoms. The second-order valence-corrected chi connectivity index (χ2v) is 4.13. The summed E-state index contributed by atoms with van der Waals surface area (Å²) in [5.74, 6) is -0.0707. The zero-order valence-corrected chi connectivity index (χ0v) is 11.8. The molecule has 0 fully saturated rings. The Hall–Kier alpha value is -1.66. The number of halogens is 1. The highest BCUT2D eigenvalue weighted by molar-refractivity contribution is 5.97. The van der Waals surface area contributed by atoms with Gasteiger partial charge in [0, 0.05) is 19.2 Å². The third-order valence-electron chi connectivity index (χ3n) is 2.76. The molecule has 1 aromatic carbocycles. The fourth-order valence-corrected chi connectivity index (χ4v) is 1.75. The van der Waals surface area contributed by atoms with Gasteiger partial charge in [-0.25, -0.2) is 4.68 Å². The average molecular weight is 284 g/mol. The van der Waals surface area contributed by atoms with Crippen molar-refractivity contribution >= 4 is 29.3 Å². The third kappa shape index (κ3) is 3.65. The molecule has 1 amide bonds. The second kappa shape index (κ2) is 7.06. The molecule has 0 saturated carbocycles. The minimum atomic E-state index is -0.0707. The van der Waals surface area contributed by atoms with Crippen molar-refractivity contribution in [3.63, 3.8) is 0 Å². The molecule has 2 aromatic rings. The summed E-state index contributed by atoms with van der Waals surface area (Å²) in [6.07, 6.45) is 0.912. The molecule has 2 N–H and O–H groups in total.